The van der Waals surface area contributed by atoms with Crippen LogP contribution in [0.25, 0.3) is 0 Å². The summed E-state index contributed by atoms with van der Waals surface area (Å²) in [5.74, 6) is 1.48. The second kappa shape index (κ2) is 8.11. The number of carbonyl (C=O) groups excluding carboxylic acids is 1. The lowest BCUT2D eigenvalue weighted by molar-refractivity contribution is -0.134. The topological polar surface area (TPSA) is 46.3 Å². The van der Waals surface area contributed by atoms with Crippen molar-refractivity contribution in [2.75, 3.05) is 13.1 Å². The van der Waals surface area contributed by atoms with Gasteiger partial charge in [-0.1, -0.05) is 32.6 Å². The Morgan fingerprint density at radius 1 is 1.16 bits per heavy atom. The van der Waals surface area contributed by atoms with Crippen LogP contribution in [0.2, 0.25) is 0 Å². The van der Waals surface area contributed by atoms with E-state index in [4.69, 9.17) is 5.73 Å². The molecule has 0 aromatic rings. The monoisotopic (exact) mass is 288 g/mol. The van der Waals surface area contributed by atoms with Crippen molar-refractivity contribution in [3.05, 3.63) is 0 Å². The van der Waals surface area contributed by atoms with Crippen LogP contribution in [0.4, 0.5) is 0 Å². The first kappa shape index (κ1) is 16.8. The van der Waals surface area contributed by atoms with Crippen molar-refractivity contribution in [1.29, 1.82) is 0 Å². The van der Waals surface area contributed by atoms with Crippen LogP contribution in [-0.4, -0.2) is 29.9 Å². The highest BCUT2D eigenvalue weighted by atomic mass is 35.5. The second-order valence-electron chi connectivity index (χ2n) is 6.33. The highest BCUT2D eigenvalue weighted by molar-refractivity contribution is 5.85. The summed E-state index contributed by atoms with van der Waals surface area (Å²) in [5.41, 5.74) is 6.01. The Hall–Kier alpha value is -0.280. The third-order valence-electron chi connectivity index (χ3n) is 4.76. The number of amides is 1. The average molecular weight is 289 g/mol. The van der Waals surface area contributed by atoms with E-state index in [1.165, 1.54) is 38.5 Å². The van der Waals surface area contributed by atoms with Crippen LogP contribution >= 0.6 is 12.4 Å². The Balaban J connectivity index is 0.00000180. The van der Waals surface area contributed by atoms with Gasteiger partial charge in [0.2, 0.25) is 5.91 Å². The van der Waals surface area contributed by atoms with Crippen molar-refractivity contribution < 1.29 is 4.79 Å². The first-order valence-electron chi connectivity index (χ1n) is 7.70. The van der Waals surface area contributed by atoms with Gasteiger partial charge in [-0.2, -0.15) is 0 Å². The molecule has 2 aliphatic rings. The number of nitrogens with zero attached hydrogens (tertiary/aromatic N) is 1. The lowest BCUT2D eigenvalue weighted by Crippen LogP contribution is -2.48. The van der Waals surface area contributed by atoms with Gasteiger partial charge in [-0.25, -0.2) is 0 Å². The minimum absolute atomic E-state index is 0. The summed E-state index contributed by atoms with van der Waals surface area (Å²) in [6, 6.07) is 0.284. The predicted molar refractivity (Wildman–Crippen MR) is 81.4 cm³/mol. The minimum atomic E-state index is 0. The second-order valence-corrected chi connectivity index (χ2v) is 6.33. The molecule has 2 N–H and O–H groups in total. The molecule has 1 aliphatic heterocycles. The largest absolute Gasteiger partial charge is 0.342 e. The van der Waals surface area contributed by atoms with Gasteiger partial charge in [0.05, 0.1) is 0 Å². The van der Waals surface area contributed by atoms with Gasteiger partial charge in [-0.15, -0.1) is 12.4 Å². The van der Waals surface area contributed by atoms with E-state index in [9.17, 15) is 4.79 Å². The van der Waals surface area contributed by atoms with E-state index in [0.29, 0.717) is 17.7 Å². The van der Waals surface area contributed by atoms with E-state index in [2.05, 4.69) is 11.8 Å². The summed E-state index contributed by atoms with van der Waals surface area (Å²) in [6.07, 6.45) is 9.63. The Labute approximate surface area is 123 Å². The maximum atomic E-state index is 12.3. The number of likely N-dealkylation sites (tertiary alicyclic amines) is 1. The van der Waals surface area contributed by atoms with Gasteiger partial charge >= 0.3 is 0 Å². The van der Waals surface area contributed by atoms with E-state index in [1.54, 1.807) is 0 Å². The molecule has 112 valence electrons. The molecule has 0 aromatic carbocycles. The quantitative estimate of drug-likeness (QED) is 0.794. The molecule has 19 heavy (non-hydrogen) atoms. The van der Waals surface area contributed by atoms with Crippen LogP contribution in [0.5, 0.6) is 0 Å². The van der Waals surface area contributed by atoms with Crippen LogP contribution < -0.4 is 5.73 Å². The summed E-state index contributed by atoms with van der Waals surface area (Å²) in [7, 11) is 0. The van der Waals surface area contributed by atoms with Crippen LogP contribution in [-0.2, 0) is 4.79 Å². The number of hydrogen-bond acceptors (Lipinski definition) is 2. The molecule has 1 amide bonds. The molecule has 1 saturated heterocycles. The number of rotatable bonds is 2. The average Bonchev–Trinajstić information content (AvgIpc) is 2.61. The lowest BCUT2D eigenvalue weighted by atomic mass is 9.92. The van der Waals surface area contributed by atoms with Gasteiger partial charge in [-0.3, -0.25) is 4.79 Å². The molecule has 1 heterocycles. The first-order chi connectivity index (χ1) is 8.66. The van der Waals surface area contributed by atoms with Crippen LogP contribution in [0.3, 0.4) is 0 Å². The van der Waals surface area contributed by atoms with Crippen molar-refractivity contribution >= 4 is 18.3 Å². The van der Waals surface area contributed by atoms with Gasteiger partial charge in [0.1, 0.15) is 0 Å². The standard InChI is InChI=1S/C15H28N2O.ClH/c1-12-11-17(9-8-14(12)16)15(18)10-13-6-4-2-3-5-7-13;/h12-14H,2-11,16H2,1H3;1H. The van der Waals surface area contributed by atoms with Gasteiger partial charge in [0, 0.05) is 25.6 Å². The van der Waals surface area contributed by atoms with Crippen molar-refractivity contribution in [2.45, 2.75) is 64.3 Å². The zero-order valence-corrected chi connectivity index (χ0v) is 13.0. The molecule has 0 aromatic heterocycles. The number of nitrogens with two attached hydrogens (primary N) is 1. The molecule has 2 atom stereocenters. The molecular formula is C15H29ClN2O. The molecule has 1 aliphatic carbocycles. The summed E-state index contributed by atoms with van der Waals surface area (Å²) < 4.78 is 0. The molecule has 0 spiro atoms. The number of halogens is 1. The SMILES string of the molecule is CC1CN(C(=O)CC2CCCCCC2)CCC1N.Cl. The normalized spacial score (nSPS) is 29.5. The highest BCUT2D eigenvalue weighted by Crippen LogP contribution is 2.26. The number of carbonyl (C=O) groups is 1. The Kier molecular flexibility index (Phi) is 7.16. The fourth-order valence-electron chi connectivity index (χ4n) is 3.33. The molecular weight excluding hydrogens is 260 g/mol. The van der Waals surface area contributed by atoms with Gasteiger partial charge < -0.3 is 10.6 Å². The maximum absolute atomic E-state index is 12.3. The van der Waals surface area contributed by atoms with E-state index in [-0.39, 0.29) is 18.4 Å². The van der Waals surface area contributed by atoms with Gasteiger partial charge in [-0.05, 0) is 31.1 Å². The zero-order chi connectivity index (χ0) is 13.0. The van der Waals surface area contributed by atoms with Crippen LogP contribution in [0.1, 0.15) is 58.3 Å². The molecule has 2 rings (SSSR count). The van der Waals surface area contributed by atoms with Gasteiger partial charge in [0.25, 0.3) is 0 Å². The predicted octanol–water partition coefficient (Wildman–Crippen LogP) is 2.96. The fraction of sp³-hybridized carbons (Fsp3) is 0.933. The van der Waals surface area contributed by atoms with Gasteiger partial charge in [0.15, 0.2) is 0 Å². The summed E-state index contributed by atoms with van der Waals surface area (Å²) >= 11 is 0. The third kappa shape index (κ3) is 4.96. The van der Waals surface area contributed by atoms with Crippen LogP contribution in [0, 0.1) is 11.8 Å². The Morgan fingerprint density at radius 3 is 2.37 bits per heavy atom. The molecule has 0 bridgehead atoms. The smallest absolute Gasteiger partial charge is 0.222 e. The molecule has 1 saturated carbocycles. The van der Waals surface area contributed by atoms with Crippen molar-refractivity contribution in [2.24, 2.45) is 17.6 Å². The highest BCUT2D eigenvalue weighted by Gasteiger charge is 2.27. The molecule has 0 radical (unpaired) electrons. The van der Waals surface area contributed by atoms with E-state index < -0.39 is 0 Å². The zero-order valence-electron chi connectivity index (χ0n) is 12.1. The lowest BCUT2D eigenvalue weighted by Gasteiger charge is -2.35. The molecule has 4 heteroatoms. The fourth-order valence-corrected chi connectivity index (χ4v) is 3.33. The van der Waals surface area contributed by atoms with Crippen molar-refractivity contribution in [3.8, 4) is 0 Å². The summed E-state index contributed by atoms with van der Waals surface area (Å²) in [4.78, 5) is 14.4. The molecule has 2 fully saturated rings. The minimum Gasteiger partial charge on any atom is -0.342 e. The number of hydrogen-bond donors (Lipinski definition) is 1. The third-order valence-corrected chi connectivity index (χ3v) is 4.76. The Morgan fingerprint density at radius 2 is 1.79 bits per heavy atom. The number of piperidine rings is 1. The van der Waals surface area contributed by atoms with E-state index in [0.717, 1.165) is 25.9 Å². The van der Waals surface area contributed by atoms with Crippen LogP contribution in [0.15, 0.2) is 0 Å². The molecule has 3 nitrogen and oxygen atoms in total. The van der Waals surface area contributed by atoms with Crippen molar-refractivity contribution in [1.82, 2.24) is 4.90 Å². The first-order valence-corrected chi connectivity index (χ1v) is 7.70. The summed E-state index contributed by atoms with van der Waals surface area (Å²) in [5, 5.41) is 0. The Bertz CT molecular complexity index is 277. The molecule has 2 unspecified atom stereocenters. The van der Waals surface area contributed by atoms with E-state index in [1.807, 2.05) is 0 Å². The maximum Gasteiger partial charge on any atom is 0.222 e. The van der Waals surface area contributed by atoms with Crippen molar-refractivity contribution in [3.63, 3.8) is 0 Å². The van der Waals surface area contributed by atoms with E-state index >= 15 is 0 Å². The summed E-state index contributed by atoms with van der Waals surface area (Å²) in [6.45, 7) is 3.90.